The van der Waals surface area contributed by atoms with Crippen LogP contribution in [0.5, 0.6) is 5.75 Å². The molecular weight excluding hydrogens is 286 g/mol. The number of rotatable bonds is 5. The second-order valence-electron chi connectivity index (χ2n) is 4.75. The third-order valence-corrected chi connectivity index (χ3v) is 3.54. The highest BCUT2D eigenvalue weighted by Gasteiger charge is 2.09. The molecule has 0 aliphatic heterocycles. The average Bonchev–Trinajstić information content (AvgIpc) is 2.90. The lowest BCUT2D eigenvalue weighted by Gasteiger charge is -2.11. The van der Waals surface area contributed by atoms with Gasteiger partial charge in [-0.15, -0.1) is 0 Å². The van der Waals surface area contributed by atoms with E-state index in [1.54, 1.807) is 0 Å². The van der Waals surface area contributed by atoms with Gasteiger partial charge < -0.3 is 14.9 Å². The van der Waals surface area contributed by atoms with Crippen molar-refractivity contribution >= 4 is 17.2 Å². The molecule has 4 nitrogen and oxygen atoms in total. The Balaban J connectivity index is 1.81. The summed E-state index contributed by atoms with van der Waals surface area (Å²) in [6, 6.07) is 11.6. The maximum absolute atomic E-state index is 6.22. The first-order valence-electron chi connectivity index (χ1n) is 6.81. The number of para-hydroxylation sites is 1. The Morgan fingerprint density at radius 3 is 2.90 bits per heavy atom. The molecule has 5 heteroatoms. The second-order valence-corrected chi connectivity index (χ2v) is 5.16. The minimum Gasteiger partial charge on any atom is -0.485 e. The molecule has 0 radical (unpaired) electrons. The molecule has 0 unspecified atom stereocenters. The fourth-order valence-corrected chi connectivity index (χ4v) is 2.52. The number of hydrogen-bond acceptors (Lipinski definition) is 3. The summed E-state index contributed by atoms with van der Waals surface area (Å²) in [5, 5.41) is 0.602. The van der Waals surface area contributed by atoms with E-state index in [-0.39, 0.29) is 0 Å². The third kappa shape index (κ3) is 3.01. The van der Waals surface area contributed by atoms with Crippen LogP contribution in [0.1, 0.15) is 11.3 Å². The van der Waals surface area contributed by atoms with Crippen molar-refractivity contribution in [1.82, 2.24) is 9.38 Å². The van der Waals surface area contributed by atoms with Gasteiger partial charge in [-0.1, -0.05) is 29.8 Å². The van der Waals surface area contributed by atoms with Crippen molar-refractivity contribution in [3.8, 4) is 5.75 Å². The first-order valence-corrected chi connectivity index (χ1v) is 7.18. The van der Waals surface area contributed by atoms with Gasteiger partial charge in [0.2, 0.25) is 0 Å². The van der Waals surface area contributed by atoms with Crippen LogP contribution < -0.4 is 10.5 Å². The fourth-order valence-electron chi connectivity index (χ4n) is 2.27. The number of nitrogens with zero attached hydrogens (tertiary/aromatic N) is 2. The van der Waals surface area contributed by atoms with Crippen LogP contribution in [0.25, 0.3) is 5.65 Å². The van der Waals surface area contributed by atoms with Gasteiger partial charge in [0.15, 0.2) is 0 Å². The average molecular weight is 302 g/mol. The number of pyridine rings is 1. The second kappa shape index (κ2) is 6.16. The molecule has 3 rings (SSSR count). The number of ether oxygens (including phenoxy) is 1. The lowest BCUT2D eigenvalue weighted by atomic mass is 10.1. The third-order valence-electron chi connectivity index (χ3n) is 3.24. The van der Waals surface area contributed by atoms with Gasteiger partial charge in [-0.25, -0.2) is 4.98 Å². The number of benzene rings is 1. The van der Waals surface area contributed by atoms with Gasteiger partial charge in [0.25, 0.3) is 0 Å². The number of imidazole rings is 1. The molecule has 0 atom stereocenters. The van der Waals surface area contributed by atoms with Gasteiger partial charge in [0.05, 0.1) is 10.7 Å². The Kier molecular flexibility index (Phi) is 4.08. The number of fused-ring (bicyclic) bond motifs is 1. The van der Waals surface area contributed by atoms with E-state index in [0.29, 0.717) is 23.9 Å². The number of nitrogens with two attached hydrogens (primary N) is 1. The molecule has 0 saturated heterocycles. The number of halogens is 1. The smallest absolute Gasteiger partial charge is 0.141 e. The van der Waals surface area contributed by atoms with Crippen LogP contribution in [-0.2, 0) is 13.0 Å². The van der Waals surface area contributed by atoms with Crippen LogP contribution >= 0.6 is 11.6 Å². The SMILES string of the molecule is NCCc1cccc(Cl)c1OCc1cn2ccccc2n1. The van der Waals surface area contributed by atoms with Crippen LogP contribution in [0.15, 0.2) is 48.8 Å². The van der Waals surface area contributed by atoms with Crippen molar-refractivity contribution in [2.24, 2.45) is 5.73 Å². The molecule has 0 amide bonds. The van der Waals surface area contributed by atoms with E-state index in [0.717, 1.165) is 23.3 Å². The first-order chi connectivity index (χ1) is 10.3. The van der Waals surface area contributed by atoms with Gasteiger partial charge in [0, 0.05) is 12.4 Å². The Hall–Kier alpha value is -2.04. The van der Waals surface area contributed by atoms with Crippen LogP contribution in [-0.4, -0.2) is 15.9 Å². The standard InChI is InChI=1S/C16H16ClN3O/c17-14-5-3-4-12(7-8-18)16(14)21-11-13-10-20-9-2-1-6-15(20)19-13/h1-6,9-10H,7-8,11,18H2. The molecular formula is C16H16ClN3O. The Bertz CT molecular complexity index is 721. The largest absolute Gasteiger partial charge is 0.485 e. The van der Waals surface area contributed by atoms with Crippen LogP contribution in [0, 0.1) is 0 Å². The number of aromatic nitrogens is 2. The molecule has 21 heavy (non-hydrogen) atoms. The van der Waals surface area contributed by atoms with Gasteiger partial charge in [-0.05, 0) is 36.7 Å². The van der Waals surface area contributed by atoms with Crippen molar-refractivity contribution in [3.63, 3.8) is 0 Å². The molecule has 0 fully saturated rings. The van der Waals surface area contributed by atoms with Crippen molar-refractivity contribution < 1.29 is 4.74 Å². The van der Waals surface area contributed by atoms with Gasteiger partial charge in [-0.3, -0.25) is 0 Å². The highest BCUT2D eigenvalue weighted by atomic mass is 35.5. The molecule has 2 heterocycles. The predicted molar refractivity (Wildman–Crippen MR) is 83.7 cm³/mol. The normalized spacial score (nSPS) is 11.0. The Morgan fingerprint density at radius 2 is 2.10 bits per heavy atom. The van der Waals surface area contributed by atoms with Crippen molar-refractivity contribution in [2.45, 2.75) is 13.0 Å². The molecule has 2 N–H and O–H groups in total. The molecule has 0 spiro atoms. The zero-order valence-electron chi connectivity index (χ0n) is 11.5. The molecule has 0 aliphatic rings. The molecule has 108 valence electrons. The summed E-state index contributed by atoms with van der Waals surface area (Å²) in [6.07, 6.45) is 4.65. The number of hydrogen-bond donors (Lipinski definition) is 1. The maximum Gasteiger partial charge on any atom is 0.141 e. The van der Waals surface area contributed by atoms with E-state index in [1.807, 2.05) is 53.2 Å². The molecule has 3 aromatic rings. The van der Waals surface area contributed by atoms with Crippen molar-refractivity contribution in [1.29, 1.82) is 0 Å². The summed E-state index contributed by atoms with van der Waals surface area (Å²) in [7, 11) is 0. The summed E-state index contributed by atoms with van der Waals surface area (Å²) in [5.74, 6) is 0.696. The van der Waals surface area contributed by atoms with Crippen molar-refractivity contribution in [2.75, 3.05) is 6.54 Å². The Labute approximate surface area is 128 Å². The van der Waals surface area contributed by atoms with Crippen molar-refractivity contribution in [3.05, 3.63) is 65.1 Å². The molecule has 0 bridgehead atoms. The molecule has 2 aromatic heterocycles. The quantitative estimate of drug-likeness (QED) is 0.788. The highest BCUT2D eigenvalue weighted by molar-refractivity contribution is 6.32. The van der Waals surface area contributed by atoms with E-state index in [4.69, 9.17) is 22.1 Å². The van der Waals surface area contributed by atoms with E-state index >= 15 is 0 Å². The van der Waals surface area contributed by atoms with Crippen LogP contribution in [0.3, 0.4) is 0 Å². The molecule has 1 aromatic carbocycles. The molecule has 0 saturated carbocycles. The lowest BCUT2D eigenvalue weighted by molar-refractivity contribution is 0.299. The van der Waals surface area contributed by atoms with Crippen LogP contribution in [0.2, 0.25) is 5.02 Å². The highest BCUT2D eigenvalue weighted by Crippen LogP contribution is 2.29. The van der Waals surface area contributed by atoms with E-state index in [2.05, 4.69) is 4.98 Å². The minimum atomic E-state index is 0.378. The zero-order chi connectivity index (χ0) is 14.7. The first kappa shape index (κ1) is 13.9. The van der Waals surface area contributed by atoms with Crippen LogP contribution in [0.4, 0.5) is 0 Å². The summed E-state index contributed by atoms with van der Waals surface area (Å²) >= 11 is 6.22. The lowest BCUT2D eigenvalue weighted by Crippen LogP contribution is -2.06. The predicted octanol–water partition coefficient (Wildman–Crippen LogP) is 3.07. The van der Waals surface area contributed by atoms with Gasteiger partial charge in [0.1, 0.15) is 18.0 Å². The zero-order valence-corrected chi connectivity index (χ0v) is 12.3. The maximum atomic E-state index is 6.22. The summed E-state index contributed by atoms with van der Waals surface area (Å²) < 4.78 is 7.84. The van der Waals surface area contributed by atoms with E-state index < -0.39 is 0 Å². The minimum absolute atomic E-state index is 0.378. The fraction of sp³-hybridized carbons (Fsp3) is 0.188. The summed E-state index contributed by atoms with van der Waals surface area (Å²) in [5.41, 5.74) is 8.41. The summed E-state index contributed by atoms with van der Waals surface area (Å²) in [6.45, 7) is 0.939. The monoisotopic (exact) mass is 301 g/mol. The van der Waals surface area contributed by atoms with E-state index in [9.17, 15) is 0 Å². The van der Waals surface area contributed by atoms with E-state index in [1.165, 1.54) is 0 Å². The molecule has 0 aliphatic carbocycles. The topological polar surface area (TPSA) is 52.5 Å². The van der Waals surface area contributed by atoms with Gasteiger partial charge in [-0.2, -0.15) is 0 Å². The Morgan fingerprint density at radius 1 is 1.19 bits per heavy atom. The van der Waals surface area contributed by atoms with Gasteiger partial charge >= 0.3 is 0 Å². The summed E-state index contributed by atoms with van der Waals surface area (Å²) in [4.78, 5) is 4.50.